The van der Waals surface area contributed by atoms with Crippen molar-refractivity contribution in [3.05, 3.63) is 28.3 Å². The van der Waals surface area contributed by atoms with E-state index in [-0.39, 0.29) is 16.2 Å². The zero-order chi connectivity index (χ0) is 12.9. The number of nitrogens with zero attached hydrogens (tertiary/aromatic N) is 2. The highest BCUT2D eigenvalue weighted by molar-refractivity contribution is 5.66. The molecule has 0 unspecified atom stereocenters. The lowest BCUT2D eigenvalue weighted by Gasteiger charge is -2.41. The van der Waals surface area contributed by atoms with Gasteiger partial charge in [-0.25, -0.2) is 0 Å². The third-order valence-electron chi connectivity index (χ3n) is 3.39. The van der Waals surface area contributed by atoms with E-state index in [2.05, 4.69) is 4.90 Å². The highest BCUT2D eigenvalue weighted by Gasteiger charge is 2.39. The van der Waals surface area contributed by atoms with E-state index in [9.17, 15) is 10.1 Å². The van der Waals surface area contributed by atoms with Gasteiger partial charge in [-0.15, -0.1) is 0 Å². The van der Waals surface area contributed by atoms with Crippen LogP contribution in [-0.4, -0.2) is 23.1 Å². The minimum atomic E-state index is -0.356. The molecule has 1 fully saturated rings. The third kappa shape index (κ3) is 1.89. The number of nitro groups is 1. The topological polar surface area (TPSA) is 55.6 Å². The Bertz CT molecular complexity index is 509. The van der Waals surface area contributed by atoms with E-state index >= 15 is 0 Å². The van der Waals surface area contributed by atoms with Crippen LogP contribution in [0.5, 0.6) is 5.75 Å². The monoisotopic (exact) mass is 248 g/mol. The number of hydrogen-bond acceptors (Lipinski definition) is 4. The maximum atomic E-state index is 10.9. The normalized spacial score (nSPS) is 21.1. The largest absolute Gasteiger partial charge is 0.484 e. The summed E-state index contributed by atoms with van der Waals surface area (Å²) >= 11 is 0. The van der Waals surface area contributed by atoms with E-state index in [1.165, 1.54) is 6.07 Å². The number of nitro benzene ring substituents is 1. The van der Waals surface area contributed by atoms with Gasteiger partial charge in [0.2, 0.25) is 0 Å². The SMILES string of the molecule is CC1(C)CN(C2CC2)c2cc([N+](=O)[O-])ccc2O1. The first-order valence-corrected chi connectivity index (χ1v) is 6.20. The lowest BCUT2D eigenvalue weighted by atomic mass is 10.0. The molecule has 0 bridgehead atoms. The number of non-ortho nitro benzene ring substituents is 1. The molecular weight excluding hydrogens is 232 g/mol. The lowest BCUT2D eigenvalue weighted by molar-refractivity contribution is -0.384. The van der Waals surface area contributed by atoms with Gasteiger partial charge in [-0.05, 0) is 32.8 Å². The lowest BCUT2D eigenvalue weighted by Crippen LogP contribution is -2.47. The van der Waals surface area contributed by atoms with E-state index in [1.54, 1.807) is 12.1 Å². The van der Waals surface area contributed by atoms with Gasteiger partial charge in [-0.3, -0.25) is 10.1 Å². The van der Waals surface area contributed by atoms with Crippen molar-refractivity contribution in [1.82, 2.24) is 0 Å². The van der Waals surface area contributed by atoms with Gasteiger partial charge in [-0.2, -0.15) is 0 Å². The number of benzene rings is 1. The van der Waals surface area contributed by atoms with Gasteiger partial charge in [0.05, 0.1) is 17.2 Å². The third-order valence-corrected chi connectivity index (χ3v) is 3.39. The van der Waals surface area contributed by atoms with Crippen LogP contribution in [-0.2, 0) is 0 Å². The van der Waals surface area contributed by atoms with E-state index in [1.807, 2.05) is 13.8 Å². The van der Waals surface area contributed by atoms with Crippen LogP contribution < -0.4 is 9.64 Å². The minimum Gasteiger partial charge on any atom is -0.484 e. The van der Waals surface area contributed by atoms with E-state index in [0.29, 0.717) is 6.04 Å². The maximum Gasteiger partial charge on any atom is 0.271 e. The molecule has 1 saturated carbocycles. The second kappa shape index (κ2) is 3.60. The van der Waals surface area contributed by atoms with Gasteiger partial charge in [0.25, 0.3) is 5.69 Å². The second-order valence-corrected chi connectivity index (χ2v) is 5.63. The fraction of sp³-hybridized carbons (Fsp3) is 0.538. The Labute approximate surface area is 106 Å². The molecule has 1 aromatic rings. The summed E-state index contributed by atoms with van der Waals surface area (Å²) in [4.78, 5) is 12.8. The Hall–Kier alpha value is -1.78. The first-order chi connectivity index (χ1) is 8.46. The molecule has 0 radical (unpaired) electrons. The summed E-state index contributed by atoms with van der Waals surface area (Å²) in [6.45, 7) is 4.88. The highest BCUT2D eigenvalue weighted by Crippen LogP contribution is 2.44. The van der Waals surface area contributed by atoms with Crippen LogP contribution >= 0.6 is 0 Å². The first kappa shape index (κ1) is 11.3. The van der Waals surface area contributed by atoms with Gasteiger partial charge < -0.3 is 9.64 Å². The van der Waals surface area contributed by atoms with Crippen molar-refractivity contribution in [2.75, 3.05) is 11.4 Å². The summed E-state index contributed by atoms with van der Waals surface area (Å²) in [5, 5.41) is 10.9. The molecule has 2 aliphatic rings. The summed E-state index contributed by atoms with van der Waals surface area (Å²) in [6.07, 6.45) is 2.33. The average Bonchev–Trinajstić information content (AvgIpc) is 3.09. The van der Waals surface area contributed by atoms with Crippen molar-refractivity contribution in [2.45, 2.75) is 38.3 Å². The summed E-state index contributed by atoms with van der Waals surface area (Å²) in [7, 11) is 0. The van der Waals surface area contributed by atoms with Crippen molar-refractivity contribution in [3.63, 3.8) is 0 Å². The molecule has 3 rings (SSSR count). The Balaban J connectivity index is 2.05. The zero-order valence-corrected chi connectivity index (χ0v) is 10.5. The second-order valence-electron chi connectivity index (χ2n) is 5.63. The Morgan fingerprint density at radius 1 is 1.44 bits per heavy atom. The van der Waals surface area contributed by atoms with Crippen molar-refractivity contribution in [3.8, 4) is 5.75 Å². The van der Waals surface area contributed by atoms with Gasteiger partial charge in [0.1, 0.15) is 11.4 Å². The quantitative estimate of drug-likeness (QED) is 0.596. The fourth-order valence-electron chi connectivity index (χ4n) is 2.47. The minimum absolute atomic E-state index is 0.128. The van der Waals surface area contributed by atoms with Crippen LogP contribution in [0.2, 0.25) is 0 Å². The van der Waals surface area contributed by atoms with Gasteiger partial charge in [0, 0.05) is 18.2 Å². The summed E-state index contributed by atoms with van der Waals surface area (Å²) in [6, 6.07) is 5.37. The van der Waals surface area contributed by atoms with Crippen molar-refractivity contribution in [1.29, 1.82) is 0 Å². The molecule has 0 aromatic heterocycles. The number of anilines is 1. The van der Waals surface area contributed by atoms with Gasteiger partial charge in [0.15, 0.2) is 0 Å². The molecule has 1 aliphatic heterocycles. The molecule has 0 atom stereocenters. The number of fused-ring (bicyclic) bond motifs is 1. The first-order valence-electron chi connectivity index (χ1n) is 6.20. The molecule has 0 N–H and O–H groups in total. The number of hydrogen-bond donors (Lipinski definition) is 0. The van der Waals surface area contributed by atoms with Gasteiger partial charge in [-0.1, -0.05) is 0 Å². The smallest absolute Gasteiger partial charge is 0.271 e. The van der Waals surface area contributed by atoms with Crippen LogP contribution in [0.25, 0.3) is 0 Å². The van der Waals surface area contributed by atoms with Crippen LogP contribution in [0.3, 0.4) is 0 Å². The van der Waals surface area contributed by atoms with Crippen LogP contribution in [0, 0.1) is 10.1 Å². The Morgan fingerprint density at radius 2 is 2.17 bits per heavy atom. The van der Waals surface area contributed by atoms with E-state index < -0.39 is 0 Å². The average molecular weight is 248 g/mol. The standard InChI is InChI=1S/C13H16N2O3/c1-13(2)8-14(9-3-4-9)11-7-10(15(16)17)5-6-12(11)18-13/h5-7,9H,3-4,8H2,1-2H3. The molecule has 0 saturated heterocycles. The Morgan fingerprint density at radius 3 is 2.78 bits per heavy atom. The molecule has 0 spiro atoms. The highest BCUT2D eigenvalue weighted by atomic mass is 16.6. The van der Waals surface area contributed by atoms with Crippen molar-refractivity contribution >= 4 is 11.4 Å². The molecule has 1 aromatic carbocycles. The number of ether oxygens (including phenoxy) is 1. The van der Waals surface area contributed by atoms with Crippen molar-refractivity contribution < 1.29 is 9.66 Å². The van der Waals surface area contributed by atoms with Crippen LogP contribution in [0.15, 0.2) is 18.2 Å². The molecule has 1 heterocycles. The molecular formula is C13H16N2O3. The molecule has 1 aliphatic carbocycles. The molecule has 5 nitrogen and oxygen atoms in total. The van der Waals surface area contributed by atoms with Crippen LogP contribution in [0.1, 0.15) is 26.7 Å². The van der Waals surface area contributed by atoms with E-state index in [4.69, 9.17) is 4.74 Å². The molecule has 0 amide bonds. The predicted octanol–water partition coefficient (Wildman–Crippen LogP) is 2.73. The van der Waals surface area contributed by atoms with E-state index in [0.717, 1.165) is 30.8 Å². The number of rotatable bonds is 2. The summed E-state index contributed by atoms with van der Waals surface area (Å²) in [5.41, 5.74) is 0.750. The molecule has 18 heavy (non-hydrogen) atoms. The summed E-state index contributed by atoms with van der Waals surface area (Å²) in [5.74, 6) is 0.753. The molecule has 5 heteroatoms. The molecule has 96 valence electrons. The zero-order valence-electron chi connectivity index (χ0n) is 10.5. The fourth-order valence-corrected chi connectivity index (χ4v) is 2.47. The van der Waals surface area contributed by atoms with Crippen molar-refractivity contribution in [2.24, 2.45) is 0 Å². The van der Waals surface area contributed by atoms with Crippen LogP contribution in [0.4, 0.5) is 11.4 Å². The Kier molecular flexibility index (Phi) is 2.27. The summed E-state index contributed by atoms with van der Waals surface area (Å²) < 4.78 is 5.90. The maximum absolute atomic E-state index is 10.9. The van der Waals surface area contributed by atoms with Gasteiger partial charge >= 0.3 is 0 Å². The predicted molar refractivity (Wildman–Crippen MR) is 68.2 cm³/mol.